The van der Waals surface area contributed by atoms with E-state index in [0.29, 0.717) is 11.3 Å². The number of hydrogen-bond acceptors (Lipinski definition) is 5. The van der Waals surface area contributed by atoms with Crippen LogP contribution in [0.1, 0.15) is 30.1 Å². The molecule has 8 heteroatoms. The highest BCUT2D eigenvalue weighted by atomic mass is 32.2. The number of esters is 1. The minimum Gasteiger partial charge on any atom is -0.462 e. The summed E-state index contributed by atoms with van der Waals surface area (Å²) in [4.78, 5) is 23.5. The van der Waals surface area contributed by atoms with E-state index in [1.807, 2.05) is 0 Å². The number of rotatable bonds is 7. The average molecular weight is 340 g/mol. The fourth-order valence-electron chi connectivity index (χ4n) is 2.01. The molecule has 0 aliphatic heterocycles. The molecule has 1 amide bonds. The Hall–Kier alpha value is -2.09. The van der Waals surface area contributed by atoms with Gasteiger partial charge in [-0.2, -0.15) is 0 Å². The second-order valence-electron chi connectivity index (χ2n) is 5.38. The van der Waals surface area contributed by atoms with Crippen LogP contribution in [0.3, 0.4) is 0 Å². The SMILES string of the molecule is CCOC(=O)c1ccc(N(CC(=O)NC2CC2)S(C)(=O)=O)cc1. The summed E-state index contributed by atoms with van der Waals surface area (Å²) in [6.45, 7) is 1.68. The summed E-state index contributed by atoms with van der Waals surface area (Å²) in [7, 11) is -3.62. The van der Waals surface area contributed by atoms with Gasteiger partial charge in [0.15, 0.2) is 0 Å². The summed E-state index contributed by atoms with van der Waals surface area (Å²) in [5, 5.41) is 2.75. The Balaban J connectivity index is 2.15. The molecule has 0 unspecified atom stereocenters. The second kappa shape index (κ2) is 6.99. The van der Waals surface area contributed by atoms with E-state index >= 15 is 0 Å². The van der Waals surface area contributed by atoms with E-state index in [1.54, 1.807) is 6.92 Å². The lowest BCUT2D eigenvalue weighted by Crippen LogP contribution is -2.41. The monoisotopic (exact) mass is 340 g/mol. The van der Waals surface area contributed by atoms with Gasteiger partial charge in [0.2, 0.25) is 15.9 Å². The van der Waals surface area contributed by atoms with Gasteiger partial charge in [0.25, 0.3) is 0 Å². The van der Waals surface area contributed by atoms with Gasteiger partial charge in [0, 0.05) is 6.04 Å². The highest BCUT2D eigenvalue weighted by molar-refractivity contribution is 7.92. The smallest absolute Gasteiger partial charge is 0.338 e. The van der Waals surface area contributed by atoms with Crippen LogP contribution in [0.25, 0.3) is 0 Å². The molecule has 2 rings (SSSR count). The Labute approximate surface area is 135 Å². The largest absolute Gasteiger partial charge is 0.462 e. The number of anilines is 1. The van der Waals surface area contributed by atoms with Crippen LogP contribution < -0.4 is 9.62 Å². The van der Waals surface area contributed by atoms with Gasteiger partial charge in [-0.15, -0.1) is 0 Å². The molecule has 1 saturated carbocycles. The first kappa shape index (κ1) is 17.3. The van der Waals surface area contributed by atoms with Gasteiger partial charge in [-0.05, 0) is 44.0 Å². The number of sulfonamides is 1. The second-order valence-corrected chi connectivity index (χ2v) is 7.29. The first-order valence-corrected chi connectivity index (χ1v) is 9.20. The third kappa shape index (κ3) is 4.95. The molecule has 1 fully saturated rings. The topological polar surface area (TPSA) is 92.8 Å². The molecule has 0 bridgehead atoms. The van der Waals surface area contributed by atoms with Crippen LogP contribution in [0.4, 0.5) is 5.69 Å². The summed E-state index contributed by atoms with van der Waals surface area (Å²) >= 11 is 0. The van der Waals surface area contributed by atoms with Crippen molar-refractivity contribution in [2.75, 3.05) is 23.7 Å². The molecular weight excluding hydrogens is 320 g/mol. The van der Waals surface area contributed by atoms with Crippen molar-refractivity contribution in [3.63, 3.8) is 0 Å². The van der Waals surface area contributed by atoms with Gasteiger partial charge in [-0.25, -0.2) is 13.2 Å². The minimum absolute atomic E-state index is 0.162. The van der Waals surface area contributed by atoms with E-state index in [0.717, 1.165) is 23.4 Å². The van der Waals surface area contributed by atoms with Crippen LogP contribution >= 0.6 is 0 Å². The van der Waals surface area contributed by atoms with Crippen LogP contribution in [0, 0.1) is 0 Å². The fourth-order valence-corrected chi connectivity index (χ4v) is 2.87. The third-order valence-corrected chi connectivity index (χ3v) is 4.44. The predicted molar refractivity (Wildman–Crippen MR) is 85.8 cm³/mol. The van der Waals surface area contributed by atoms with Gasteiger partial charge in [-0.3, -0.25) is 9.10 Å². The van der Waals surface area contributed by atoms with E-state index < -0.39 is 16.0 Å². The zero-order valence-electron chi connectivity index (χ0n) is 13.1. The highest BCUT2D eigenvalue weighted by Gasteiger charge is 2.26. The summed E-state index contributed by atoms with van der Waals surface area (Å²) in [5.74, 6) is -0.816. The highest BCUT2D eigenvalue weighted by Crippen LogP contribution is 2.21. The summed E-state index contributed by atoms with van der Waals surface area (Å²) in [5.41, 5.74) is 0.651. The van der Waals surface area contributed by atoms with Crippen LogP contribution in [0.5, 0.6) is 0 Å². The van der Waals surface area contributed by atoms with Gasteiger partial charge in [0.1, 0.15) is 6.54 Å². The number of hydrogen-bond donors (Lipinski definition) is 1. The molecule has 0 atom stereocenters. The summed E-state index contributed by atoms with van der Waals surface area (Å²) < 4.78 is 29.8. The van der Waals surface area contributed by atoms with Crippen LogP contribution in [-0.4, -0.2) is 45.7 Å². The van der Waals surface area contributed by atoms with E-state index in [-0.39, 0.29) is 25.1 Å². The van der Waals surface area contributed by atoms with Gasteiger partial charge in [-0.1, -0.05) is 0 Å². The maximum Gasteiger partial charge on any atom is 0.338 e. The quantitative estimate of drug-likeness (QED) is 0.745. The zero-order valence-corrected chi connectivity index (χ0v) is 13.9. The molecule has 1 aromatic rings. The number of nitrogens with one attached hydrogen (secondary N) is 1. The van der Waals surface area contributed by atoms with Crippen molar-refractivity contribution >= 4 is 27.6 Å². The summed E-state index contributed by atoms with van der Waals surface area (Å²) in [6.07, 6.45) is 2.90. The lowest BCUT2D eigenvalue weighted by molar-refractivity contribution is -0.119. The van der Waals surface area contributed by atoms with Crippen molar-refractivity contribution in [1.29, 1.82) is 0 Å². The number of ether oxygens (including phenoxy) is 1. The van der Waals surface area contributed by atoms with Crippen molar-refractivity contribution < 1.29 is 22.7 Å². The maximum absolute atomic E-state index is 11.9. The molecule has 0 spiro atoms. The normalized spacial score (nSPS) is 14.2. The minimum atomic E-state index is -3.62. The molecule has 0 heterocycles. The lowest BCUT2D eigenvalue weighted by Gasteiger charge is -2.22. The Morgan fingerprint density at radius 1 is 1.26 bits per heavy atom. The van der Waals surface area contributed by atoms with E-state index in [9.17, 15) is 18.0 Å². The number of amides is 1. The van der Waals surface area contributed by atoms with Crippen molar-refractivity contribution in [2.24, 2.45) is 0 Å². The van der Waals surface area contributed by atoms with E-state index in [1.165, 1.54) is 24.3 Å². The zero-order chi connectivity index (χ0) is 17.0. The molecule has 0 aromatic heterocycles. The molecule has 0 radical (unpaired) electrons. The Morgan fingerprint density at radius 3 is 2.35 bits per heavy atom. The van der Waals surface area contributed by atoms with Gasteiger partial charge >= 0.3 is 5.97 Å². The number of carbonyl (C=O) groups excluding carboxylic acids is 2. The standard InChI is InChI=1S/C15H20N2O5S/c1-3-22-15(19)11-4-8-13(9-5-11)17(23(2,20)21)10-14(18)16-12-6-7-12/h4-5,8-9,12H,3,6-7,10H2,1-2H3,(H,16,18). The fraction of sp³-hybridized carbons (Fsp3) is 0.467. The predicted octanol–water partition coefficient (Wildman–Crippen LogP) is 0.908. The number of benzene rings is 1. The number of nitrogens with zero attached hydrogens (tertiary/aromatic N) is 1. The van der Waals surface area contributed by atoms with Crippen LogP contribution in [0.2, 0.25) is 0 Å². The average Bonchev–Trinajstić information content (AvgIpc) is 3.28. The first-order chi connectivity index (χ1) is 10.8. The third-order valence-electron chi connectivity index (χ3n) is 3.30. The van der Waals surface area contributed by atoms with Gasteiger partial charge in [0.05, 0.1) is 24.1 Å². The van der Waals surface area contributed by atoms with Gasteiger partial charge < -0.3 is 10.1 Å². The van der Waals surface area contributed by atoms with Crippen molar-refractivity contribution in [3.8, 4) is 0 Å². The Bertz CT molecular complexity index is 680. The van der Waals surface area contributed by atoms with Crippen molar-refractivity contribution in [3.05, 3.63) is 29.8 Å². The molecule has 1 N–H and O–H groups in total. The Morgan fingerprint density at radius 2 is 1.87 bits per heavy atom. The molecule has 126 valence electrons. The Kier molecular flexibility index (Phi) is 5.25. The first-order valence-electron chi connectivity index (χ1n) is 7.35. The molecule has 1 aliphatic carbocycles. The molecule has 23 heavy (non-hydrogen) atoms. The molecule has 1 aromatic carbocycles. The molecule has 1 aliphatic rings. The van der Waals surface area contributed by atoms with Crippen molar-refractivity contribution in [2.45, 2.75) is 25.8 Å². The lowest BCUT2D eigenvalue weighted by atomic mass is 10.2. The van der Waals surface area contributed by atoms with Crippen LogP contribution in [-0.2, 0) is 19.6 Å². The van der Waals surface area contributed by atoms with E-state index in [4.69, 9.17) is 4.74 Å². The molecule has 7 nitrogen and oxygen atoms in total. The van der Waals surface area contributed by atoms with Crippen molar-refractivity contribution in [1.82, 2.24) is 5.32 Å². The van der Waals surface area contributed by atoms with E-state index in [2.05, 4.69) is 5.32 Å². The molecular formula is C15H20N2O5S. The summed E-state index contributed by atoms with van der Waals surface area (Å²) in [6, 6.07) is 6.08. The maximum atomic E-state index is 11.9. The van der Waals surface area contributed by atoms with Crippen LogP contribution in [0.15, 0.2) is 24.3 Å². The molecule has 0 saturated heterocycles. The number of carbonyl (C=O) groups is 2.